The van der Waals surface area contributed by atoms with Crippen molar-refractivity contribution in [3.05, 3.63) is 84.4 Å². The lowest BCUT2D eigenvalue weighted by Crippen LogP contribution is -2.69. The number of fused-ring (bicyclic) bond motifs is 1. The first kappa shape index (κ1) is 13.4. The van der Waals surface area contributed by atoms with Gasteiger partial charge in [0.2, 0.25) is 5.69 Å². The first-order valence-corrected chi connectivity index (χ1v) is 8.39. The van der Waals surface area contributed by atoms with Gasteiger partial charge in [-0.25, -0.2) is 4.99 Å². The molecule has 22 heavy (non-hydrogen) atoms. The van der Waals surface area contributed by atoms with E-state index in [1.807, 2.05) is 17.8 Å². The molecule has 0 atom stereocenters. The number of rotatable bonds is 2. The van der Waals surface area contributed by atoms with Crippen LogP contribution in [0, 0.1) is 0 Å². The van der Waals surface area contributed by atoms with E-state index in [0.29, 0.717) is 0 Å². The van der Waals surface area contributed by atoms with E-state index in [9.17, 15) is 0 Å². The van der Waals surface area contributed by atoms with Crippen molar-refractivity contribution < 1.29 is 4.99 Å². The van der Waals surface area contributed by atoms with Crippen molar-refractivity contribution in [2.45, 2.75) is 4.90 Å². The Hall–Kier alpha value is -2.32. The standard InChI is InChI=1S/C20H15NS/c1-2-6-15(7-3-1)16-10-12-17(13-11-16)19-14-22-20-9-5-4-8-18(20)21-19/h1-13H,14H2/p+1. The van der Waals surface area contributed by atoms with Crippen LogP contribution in [0.2, 0.25) is 0 Å². The number of nitrogens with one attached hydrogen (secondary N) is 1. The molecule has 0 bridgehead atoms. The van der Waals surface area contributed by atoms with Crippen LogP contribution in [0.5, 0.6) is 0 Å². The molecule has 1 aliphatic heterocycles. The molecule has 106 valence electrons. The summed E-state index contributed by atoms with van der Waals surface area (Å²) in [6.45, 7) is 0. The van der Waals surface area contributed by atoms with E-state index >= 15 is 0 Å². The molecule has 0 radical (unpaired) electrons. The Kier molecular flexibility index (Phi) is 3.53. The number of para-hydroxylation sites is 1. The molecule has 4 rings (SSSR count). The maximum Gasteiger partial charge on any atom is 0.217 e. The third kappa shape index (κ3) is 2.58. The van der Waals surface area contributed by atoms with E-state index in [-0.39, 0.29) is 0 Å². The van der Waals surface area contributed by atoms with Gasteiger partial charge in [-0.1, -0.05) is 54.6 Å². The molecule has 0 aromatic heterocycles. The van der Waals surface area contributed by atoms with Crippen LogP contribution in [-0.4, -0.2) is 11.5 Å². The summed E-state index contributed by atoms with van der Waals surface area (Å²) in [6.07, 6.45) is 0. The molecule has 0 saturated heterocycles. The molecule has 1 heterocycles. The molecule has 3 aromatic carbocycles. The monoisotopic (exact) mass is 302 g/mol. The summed E-state index contributed by atoms with van der Waals surface area (Å²) in [5, 5.41) is 0. The number of benzene rings is 3. The lowest BCUT2D eigenvalue weighted by Gasteiger charge is -2.09. The summed E-state index contributed by atoms with van der Waals surface area (Å²) >= 11 is 1.89. The normalized spacial score (nSPS) is 13.4. The maximum atomic E-state index is 3.57. The average Bonchev–Trinajstić information content (AvgIpc) is 2.62. The van der Waals surface area contributed by atoms with Crippen molar-refractivity contribution >= 4 is 23.2 Å². The van der Waals surface area contributed by atoms with E-state index in [0.717, 1.165) is 5.75 Å². The largest absolute Gasteiger partial charge is 0.217 e. The zero-order chi connectivity index (χ0) is 14.8. The highest BCUT2D eigenvalue weighted by Crippen LogP contribution is 2.27. The second-order valence-corrected chi connectivity index (χ2v) is 6.35. The second-order valence-electron chi connectivity index (χ2n) is 5.33. The molecule has 0 saturated carbocycles. The summed E-state index contributed by atoms with van der Waals surface area (Å²) in [5.41, 5.74) is 6.27. The highest BCUT2D eigenvalue weighted by atomic mass is 32.2. The molecular weight excluding hydrogens is 286 g/mol. The van der Waals surface area contributed by atoms with Crippen LogP contribution in [0.1, 0.15) is 5.56 Å². The Morgan fingerprint density at radius 1 is 0.636 bits per heavy atom. The smallest absolute Gasteiger partial charge is 0.207 e. The lowest BCUT2D eigenvalue weighted by molar-refractivity contribution is -0.357. The predicted octanol–water partition coefficient (Wildman–Crippen LogP) is 3.66. The van der Waals surface area contributed by atoms with Crippen molar-refractivity contribution in [1.29, 1.82) is 0 Å². The fourth-order valence-corrected chi connectivity index (χ4v) is 3.68. The van der Waals surface area contributed by atoms with Gasteiger partial charge >= 0.3 is 0 Å². The molecule has 0 amide bonds. The summed E-state index contributed by atoms with van der Waals surface area (Å²) in [7, 11) is 0. The topological polar surface area (TPSA) is 14.0 Å². The van der Waals surface area contributed by atoms with Crippen LogP contribution in [0.15, 0.2) is 83.8 Å². The first-order chi connectivity index (χ1) is 10.9. The van der Waals surface area contributed by atoms with E-state index < -0.39 is 0 Å². The number of hydrogen-bond acceptors (Lipinski definition) is 1. The van der Waals surface area contributed by atoms with Gasteiger partial charge in [-0.15, -0.1) is 11.8 Å². The van der Waals surface area contributed by atoms with Crippen LogP contribution < -0.4 is 4.99 Å². The molecule has 3 aromatic rings. The summed E-state index contributed by atoms with van der Waals surface area (Å²) in [5.74, 6) is 0.988. The fraction of sp³-hybridized carbons (Fsp3) is 0.0500. The average molecular weight is 302 g/mol. The van der Waals surface area contributed by atoms with Gasteiger partial charge in [-0.05, 0) is 29.3 Å². The van der Waals surface area contributed by atoms with Crippen LogP contribution in [0.3, 0.4) is 0 Å². The van der Waals surface area contributed by atoms with E-state index in [4.69, 9.17) is 0 Å². The van der Waals surface area contributed by atoms with Crippen LogP contribution >= 0.6 is 11.8 Å². The highest BCUT2D eigenvalue weighted by molar-refractivity contribution is 8.00. The third-order valence-electron chi connectivity index (χ3n) is 3.89. The Balaban J connectivity index is 1.66. The Labute approximate surface area is 134 Å². The zero-order valence-corrected chi connectivity index (χ0v) is 12.9. The molecule has 1 nitrogen and oxygen atoms in total. The summed E-state index contributed by atoms with van der Waals surface area (Å²) in [6, 6.07) is 27.8. The van der Waals surface area contributed by atoms with Crippen LogP contribution in [0.4, 0.5) is 5.69 Å². The Morgan fingerprint density at radius 2 is 1.27 bits per heavy atom. The van der Waals surface area contributed by atoms with Gasteiger partial charge in [0.25, 0.3) is 0 Å². The van der Waals surface area contributed by atoms with Crippen LogP contribution in [0.25, 0.3) is 11.1 Å². The zero-order valence-electron chi connectivity index (χ0n) is 12.1. The van der Waals surface area contributed by atoms with E-state index in [1.165, 1.54) is 33.0 Å². The SMILES string of the molecule is c1ccc(-c2ccc(C3=[NH+]c4ccccc4SC3)cc2)cc1. The van der Waals surface area contributed by atoms with Crippen molar-refractivity contribution in [3.63, 3.8) is 0 Å². The molecule has 0 fully saturated rings. The molecule has 1 N–H and O–H groups in total. The third-order valence-corrected chi connectivity index (χ3v) is 4.99. The van der Waals surface area contributed by atoms with E-state index in [1.54, 1.807) is 0 Å². The summed E-state index contributed by atoms with van der Waals surface area (Å²) in [4.78, 5) is 4.89. The lowest BCUT2D eigenvalue weighted by atomic mass is 10.0. The van der Waals surface area contributed by atoms with E-state index in [2.05, 4.69) is 77.8 Å². The molecule has 0 aliphatic carbocycles. The number of thioether (sulfide) groups is 1. The predicted molar refractivity (Wildman–Crippen MR) is 93.8 cm³/mol. The quantitative estimate of drug-likeness (QED) is 0.763. The number of hydrogen-bond donors (Lipinski definition) is 1. The second kappa shape index (κ2) is 5.82. The fourth-order valence-electron chi connectivity index (χ4n) is 2.69. The molecule has 0 unspecified atom stereocenters. The molecule has 2 heteroatoms. The van der Waals surface area contributed by atoms with Crippen molar-refractivity contribution in [1.82, 2.24) is 0 Å². The van der Waals surface area contributed by atoms with Crippen LogP contribution in [-0.2, 0) is 0 Å². The molecular formula is C20H16NS+. The van der Waals surface area contributed by atoms with Crippen molar-refractivity contribution in [2.24, 2.45) is 0 Å². The van der Waals surface area contributed by atoms with Gasteiger partial charge < -0.3 is 0 Å². The van der Waals surface area contributed by atoms with Gasteiger partial charge in [0.05, 0.1) is 10.6 Å². The molecule has 1 aliphatic rings. The summed E-state index contributed by atoms with van der Waals surface area (Å²) < 4.78 is 0. The maximum absolute atomic E-state index is 3.57. The minimum Gasteiger partial charge on any atom is -0.207 e. The van der Waals surface area contributed by atoms with Gasteiger partial charge in [-0.3, -0.25) is 0 Å². The Morgan fingerprint density at radius 3 is 2.09 bits per heavy atom. The van der Waals surface area contributed by atoms with Gasteiger partial charge in [0, 0.05) is 11.6 Å². The van der Waals surface area contributed by atoms with Crippen molar-refractivity contribution in [3.8, 4) is 11.1 Å². The first-order valence-electron chi connectivity index (χ1n) is 7.41. The minimum absolute atomic E-state index is 0.988. The van der Waals surface area contributed by atoms with Gasteiger partial charge in [-0.2, -0.15) is 0 Å². The minimum atomic E-state index is 0.988. The molecule has 0 spiro atoms. The van der Waals surface area contributed by atoms with Crippen molar-refractivity contribution in [2.75, 3.05) is 5.75 Å². The van der Waals surface area contributed by atoms with Gasteiger partial charge in [0.15, 0.2) is 5.71 Å². The Bertz CT molecular complexity index is 820. The highest BCUT2D eigenvalue weighted by Gasteiger charge is 2.19. The van der Waals surface area contributed by atoms with Gasteiger partial charge in [0.1, 0.15) is 0 Å².